The molecule has 0 bridgehead atoms. The fourth-order valence-corrected chi connectivity index (χ4v) is 2.53. The van der Waals surface area contributed by atoms with E-state index >= 15 is 0 Å². The average Bonchev–Trinajstić information content (AvgIpc) is 2.20. The Labute approximate surface area is 100 Å². The lowest BCUT2D eigenvalue weighted by Gasteiger charge is -2.12. The van der Waals surface area contributed by atoms with Crippen molar-refractivity contribution in [1.82, 2.24) is 0 Å². The molecule has 1 aromatic carbocycles. The van der Waals surface area contributed by atoms with Gasteiger partial charge in [0.1, 0.15) is 5.25 Å². The Morgan fingerprint density at radius 1 is 1.56 bits per heavy atom. The van der Waals surface area contributed by atoms with Gasteiger partial charge in [-0.2, -0.15) is 0 Å². The number of aryl methyl sites for hydroxylation is 1. The van der Waals surface area contributed by atoms with E-state index < -0.39 is 11.2 Å². The Bertz CT molecular complexity index is 379. The summed E-state index contributed by atoms with van der Waals surface area (Å²) >= 11 is 1.33. The van der Waals surface area contributed by atoms with Crippen LogP contribution in [0.2, 0.25) is 0 Å². The van der Waals surface area contributed by atoms with Crippen molar-refractivity contribution in [2.45, 2.75) is 36.8 Å². The Morgan fingerprint density at radius 3 is 2.75 bits per heavy atom. The summed E-state index contributed by atoms with van der Waals surface area (Å²) in [5, 5.41) is 8.64. The van der Waals surface area contributed by atoms with Crippen LogP contribution in [0.15, 0.2) is 23.1 Å². The van der Waals surface area contributed by atoms with Gasteiger partial charge in [-0.3, -0.25) is 4.79 Å². The van der Waals surface area contributed by atoms with Crippen molar-refractivity contribution in [1.29, 1.82) is 0 Å². The van der Waals surface area contributed by atoms with E-state index in [9.17, 15) is 4.79 Å². The summed E-state index contributed by atoms with van der Waals surface area (Å²) in [5.74, 6) is -0.771. The third kappa shape index (κ3) is 3.45. The van der Waals surface area contributed by atoms with Gasteiger partial charge in [0, 0.05) is 10.6 Å². The van der Waals surface area contributed by atoms with Gasteiger partial charge in [-0.1, -0.05) is 19.4 Å². The van der Waals surface area contributed by atoms with Crippen molar-refractivity contribution in [2.75, 3.05) is 5.73 Å². The number of anilines is 1. The first-order valence-electron chi connectivity index (χ1n) is 5.30. The van der Waals surface area contributed by atoms with Crippen LogP contribution in [0.5, 0.6) is 0 Å². The minimum Gasteiger partial charge on any atom is -0.480 e. The molecule has 0 radical (unpaired) electrons. The molecule has 16 heavy (non-hydrogen) atoms. The van der Waals surface area contributed by atoms with Gasteiger partial charge in [-0.15, -0.1) is 11.8 Å². The second kappa shape index (κ2) is 5.80. The van der Waals surface area contributed by atoms with E-state index in [4.69, 9.17) is 10.8 Å². The van der Waals surface area contributed by atoms with E-state index in [0.29, 0.717) is 12.1 Å². The van der Waals surface area contributed by atoms with Crippen LogP contribution in [0.4, 0.5) is 5.69 Å². The van der Waals surface area contributed by atoms with Gasteiger partial charge in [-0.25, -0.2) is 0 Å². The molecule has 0 heterocycles. The van der Waals surface area contributed by atoms with E-state index in [1.165, 1.54) is 11.8 Å². The molecular weight excluding hydrogens is 222 g/mol. The lowest BCUT2D eigenvalue weighted by Crippen LogP contribution is -2.15. The van der Waals surface area contributed by atoms with Crippen molar-refractivity contribution < 1.29 is 9.90 Å². The number of carboxylic acids is 1. The van der Waals surface area contributed by atoms with E-state index in [2.05, 4.69) is 0 Å². The van der Waals surface area contributed by atoms with Crippen molar-refractivity contribution in [3.8, 4) is 0 Å². The second-order valence-electron chi connectivity index (χ2n) is 3.77. The van der Waals surface area contributed by atoms with E-state index in [1.807, 2.05) is 32.0 Å². The van der Waals surface area contributed by atoms with Gasteiger partial charge in [0.15, 0.2) is 0 Å². The Kier molecular flexibility index (Phi) is 4.68. The predicted octanol–water partition coefficient (Wildman–Crippen LogP) is 2.92. The summed E-state index contributed by atoms with van der Waals surface area (Å²) in [4.78, 5) is 11.9. The van der Waals surface area contributed by atoms with E-state index in [1.54, 1.807) is 0 Å². The van der Waals surface area contributed by atoms with Gasteiger partial charge in [0.2, 0.25) is 0 Å². The van der Waals surface area contributed by atoms with E-state index in [-0.39, 0.29) is 0 Å². The predicted molar refractivity (Wildman–Crippen MR) is 67.8 cm³/mol. The zero-order valence-corrected chi connectivity index (χ0v) is 10.4. The number of thioether (sulfide) groups is 1. The minimum absolute atomic E-state index is 0.407. The number of hydrogen-bond donors (Lipinski definition) is 2. The fraction of sp³-hybridized carbons (Fsp3) is 0.417. The highest BCUT2D eigenvalue weighted by atomic mass is 32.2. The first-order chi connectivity index (χ1) is 7.54. The maximum atomic E-state index is 11.0. The first-order valence-corrected chi connectivity index (χ1v) is 6.18. The highest BCUT2D eigenvalue weighted by molar-refractivity contribution is 8.00. The molecule has 0 saturated carbocycles. The molecule has 88 valence electrons. The van der Waals surface area contributed by atoms with Crippen molar-refractivity contribution in [3.05, 3.63) is 23.8 Å². The zero-order chi connectivity index (χ0) is 12.1. The zero-order valence-electron chi connectivity index (χ0n) is 9.56. The normalized spacial score (nSPS) is 12.4. The Morgan fingerprint density at radius 2 is 2.25 bits per heavy atom. The topological polar surface area (TPSA) is 63.3 Å². The first kappa shape index (κ1) is 12.9. The van der Waals surface area contributed by atoms with Gasteiger partial charge in [-0.05, 0) is 31.0 Å². The molecule has 0 fully saturated rings. The lowest BCUT2D eigenvalue weighted by atomic mass is 10.2. The number of nitrogen functional groups attached to an aromatic ring is 1. The molecule has 0 aliphatic carbocycles. The smallest absolute Gasteiger partial charge is 0.316 e. The van der Waals surface area contributed by atoms with Gasteiger partial charge >= 0.3 is 5.97 Å². The standard InChI is InChI=1S/C12H17NO2S/c1-3-4-11(12(14)15)16-10-6-5-8(2)7-9(10)13/h5-7,11H,3-4,13H2,1-2H3,(H,14,15). The Balaban J connectivity index is 2.81. The van der Waals surface area contributed by atoms with Crippen LogP contribution in [0.3, 0.4) is 0 Å². The molecule has 0 amide bonds. The van der Waals surface area contributed by atoms with Gasteiger partial charge in [0.25, 0.3) is 0 Å². The maximum absolute atomic E-state index is 11.0. The molecule has 3 nitrogen and oxygen atoms in total. The summed E-state index contributed by atoms with van der Waals surface area (Å²) in [6.45, 7) is 3.94. The largest absolute Gasteiger partial charge is 0.480 e. The fourth-order valence-electron chi connectivity index (χ4n) is 1.42. The van der Waals surface area contributed by atoms with Crippen molar-refractivity contribution in [2.24, 2.45) is 0 Å². The number of carboxylic acid groups (broad SMARTS) is 1. The summed E-state index contributed by atoms with van der Waals surface area (Å²) in [7, 11) is 0. The molecule has 3 N–H and O–H groups in total. The monoisotopic (exact) mass is 239 g/mol. The molecule has 1 atom stereocenters. The van der Waals surface area contributed by atoms with Crippen LogP contribution < -0.4 is 5.73 Å². The molecule has 0 spiro atoms. The van der Waals surface area contributed by atoms with E-state index in [0.717, 1.165) is 16.9 Å². The highest BCUT2D eigenvalue weighted by Crippen LogP contribution is 2.31. The maximum Gasteiger partial charge on any atom is 0.316 e. The molecular formula is C12H17NO2S. The van der Waals surface area contributed by atoms with Crippen LogP contribution in [-0.4, -0.2) is 16.3 Å². The van der Waals surface area contributed by atoms with Crippen LogP contribution in [0.25, 0.3) is 0 Å². The minimum atomic E-state index is -0.771. The quantitative estimate of drug-likeness (QED) is 0.612. The molecule has 0 aromatic heterocycles. The lowest BCUT2D eigenvalue weighted by molar-refractivity contribution is -0.136. The van der Waals surface area contributed by atoms with Crippen LogP contribution in [-0.2, 0) is 4.79 Å². The summed E-state index contributed by atoms with van der Waals surface area (Å²) in [6.07, 6.45) is 1.52. The van der Waals surface area contributed by atoms with Crippen LogP contribution in [0.1, 0.15) is 25.3 Å². The third-order valence-electron chi connectivity index (χ3n) is 2.26. The third-order valence-corrected chi connectivity index (χ3v) is 3.61. The summed E-state index contributed by atoms with van der Waals surface area (Å²) < 4.78 is 0. The number of aliphatic carboxylic acids is 1. The van der Waals surface area contributed by atoms with Crippen LogP contribution in [0, 0.1) is 6.92 Å². The molecule has 0 saturated heterocycles. The molecule has 0 aliphatic rings. The van der Waals surface area contributed by atoms with Crippen LogP contribution >= 0.6 is 11.8 Å². The average molecular weight is 239 g/mol. The summed E-state index contributed by atoms with van der Waals surface area (Å²) in [5.41, 5.74) is 7.60. The molecule has 4 heteroatoms. The van der Waals surface area contributed by atoms with Gasteiger partial charge < -0.3 is 10.8 Å². The SMILES string of the molecule is CCCC(Sc1ccc(C)cc1N)C(=O)O. The highest BCUT2D eigenvalue weighted by Gasteiger charge is 2.18. The molecule has 1 aromatic rings. The Hall–Kier alpha value is -1.16. The number of nitrogens with two attached hydrogens (primary N) is 1. The molecule has 0 aliphatic heterocycles. The van der Waals surface area contributed by atoms with Crippen molar-refractivity contribution in [3.63, 3.8) is 0 Å². The number of carbonyl (C=O) groups is 1. The number of hydrogen-bond acceptors (Lipinski definition) is 3. The second-order valence-corrected chi connectivity index (χ2v) is 5.02. The number of benzene rings is 1. The summed E-state index contributed by atoms with van der Waals surface area (Å²) in [6, 6.07) is 5.71. The van der Waals surface area contributed by atoms with Gasteiger partial charge in [0.05, 0.1) is 0 Å². The molecule has 1 rings (SSSR count). The number of rotatable bonds is 5. The molecule has 1 unspecified atom stereocenters. The van der Waals surface area contributed by atoms with Crippen molar-refractivity contribution >= 4 is 23.4 Å².